The van der Waals surface area contributed by atoms with Crippen LogP contribution in [0.2, 0.25) is 5.02 Å². The lowest BCUT2D eigenvalue weighted by Crippen LogP contribution is -2.55. The first kappa shape index (κ1) is 30.7. The number of nitrogens with zero attached hydrogens (tertiary/aromatic N) is 4. The molecule has 3 heterocycles. The van der Waals surface area contributed by atoms with E-state index in [4.69, 9.17) is 21.3 Å². The van der Waals surface area contributed by atoms with Crippen LogP contribution in [0.1, 0.15) is 66.3 Å². The lowest BCUT2D eigenvalue weighted by Gasteiger charge is -2.36. The summed E-state index contributed by atoms with van der Waals surface area (Å²) >= 11 is 6.21. The zero-order valence-electron chi connectivity index (χ0n) is 24.5. The number of urea groups is 1. The number of amidine groups is 1. The molecule has 2 aliphatic rings. The number of hydrogen-bond acceptors (Lipinski definition) is 7. The fourth-order valence-electron chi connectivity index (χ4n) is 5.24. The molecule has 3 aromatic rings. The summed E-state index contributed by atoms with van der Waals surface area (Å²) in [6.07, 6.45) is 2.60. The summed E-state index contributed by atoms with van der Waals surface area (Å²) in [5.74, 6) is -1.57. The molecule has 1 aromatic heterocycles. The average Bonchev–Trinajstić information content (AvgIpc) is 3.36. The summed E-state index contributed by atoms with van der Waals surface area (Å²) < 4.78 is 6.31. The van der Waals surface area contributed by atoms with Gasteiger partial charge in [-0.25, -0.2) is 4.79 Å². The second-order valence-corrected chi connectivity index (χ2v) is 12.0. The van der Waals surface area contributed by atoms with Gasteiger partial charge in [0, 0.05) is 36.1 Å². The molecule has 11 nitrogen and oxygen atoms in total. The van der Waals surface area contributed by atoms with E-state index in [0.29, 0.717) is 23.7 Å². The van der Waals surface area contributed by atoms with Crippen molar-refractivity contribution in [1.29, 1.82) is 0 Å². The van der Waals surface area contributed by atoms with Crippen molar-refractivity contribution in [3.05, 3.63) is 94.3 Å². The van der Waals surface area contributed by atoms with Gasteiger partial charge in [0.15, 0.2) is 5.78 Å². The van der Waals surface area contributed by atoms with Gasteiger partial charge >= 0.3 is 12.0 Å². The van der Waals surface area contributed by atoms with Gasteiger partial charge in [-0.15, -0.1) is 0 Å². The van der Waals surface area contributed by atoms with Gasteiger partial charge in [0.05, 0.1) is 11.6 Å². The predicted octanol–water partition coefficient (Wildman–Crippen LogP) is 4.67. The normalized spacial score (nSPS) is 18.5. The summed E-state index contributed by atoms with van der Waals surface area (Å²) in [4.78, 5) is 63.1. The highest BCUT2D eigenvalue weighted by molar-refractivity contribution is 6.30. The van der Waals surface area contributed by atoms with Crippen molar-refractivity contribution in [2.24, 2.45) is 4.99 Å². The minimum absolute atomic E-state index is 0.120. The Morgan fingerprint density at radius 2 is 1.75 bits per heavy atom. The van der Waals surface area contributed by atoms with Gasteiger partial charge in [-0.3, -0.25) is 29.3 Å². The predicted molar refractivity (Wildman–Crippen MR) is 163 cm³/mol. The van der Waals surface area contributed by atoms with Gasteiger partial charge in [-0.1, -0.05) is 29.8 Å². The Balaban J connectivity index is 1.71. The van der Waals surface area contributed by atoms with Crippen LogP contribution in [0.25, 0.3) is 0 Å². The van der Waals surface area contributed by atoms with E-state index in [-0.39, 0.29) is 29.6 Å². The van der Waals surface area contributed by atoms with Crippen molar-refractivity contribution in [2.75, 3.05) is 19.6 Å². The van der Waals surface area contributed by atoms with Crippen molar-refractivity contribution in [1.82, 2.24) is 20.1 Å². The number of rotatable bonds is 7. The van der Waals surface area contributed by atoms with Gasteiger partial charge in [0.2, 0.25) is 5.91 Å². The summed E-state index contributed by atoms with van der Waals surface area (Å²) in [7, 11) is 0. The Morgan fingerprint density at radius 1 is 1.05 bits per heavy atom. The molecular weight excluding hydrogens is 586 g/mol. The van der Waals surface area contributed by atoms with E-state index in [1.165, 1.54) is 17.0 Å². The number of carbonyl (C=O) groups excluding carboxylic acids is 3. The number of carboxylic acids is 1. The lowest BCUT2D eigenvalue weighted by atomic mass is 9.94. The highest BCUT2D eigenvalue weighted by Gasteiger charge is 2.45. The first-order chi connectivity index (χ1) is 20.9. The number of aliphatic carboxylic acids is 1. The van der Waals surface area contributed by atoms with Gasteiger partial charge in [0.1, 0.15) is 36.2 Å². The summed E-state index contributed by atoms with van der Waals surface area (Å²) in [5, 5.41) is 12.5. The van der Waals surface area contributed by atoms with E-state index in [1.807, 2.05) is 45.0 Å². The first-order valence-corrected chi connectivity index (χ1v) is 14.5. The molecule has 2 N–H and O–H groups in total. The number of benzene rings is 2. The molecule has 1 saturated heterocycles. The molecule has 0 radical (unpaired) electrons. The van der Waals surface area contributed by atoms with Crippen LogP contribution in [-0.4, -0.2) is 74.7 Å². The van der Waals surface area contributed by atoms with Crippen LogP contribution < -0.4 is 10.1 Å². The van der Waals surface area contributed by atoms with Crippen molar-refractivity contribution >= 4 is 41.1 Å². The van der Waals surface area contributed by atoms with Gasteiger partial charge in [0.25, 0.3) is 0 Å². The number of amides is 3. The fraction of sp³-hybridized carbons (Fsp3) is 0.312. The second kappa shape index (κ2) is 12.5. The van der Waals surface area contributed by atoms with Crippen LogP contribution in [0.3, 0.4) is 0 Å². The quantitative estimate of drug-likeness (QED) is 0.290. The minimum atomic E-state index is -1.24. The number of aromatic nitrogens is 1. The standard InChI is InChI=1S/C32H32ClN5O6/c1-32(2,3)44-25-16-21(24(39)17-27(41)42)6-9-23(25)30-36-28(19-4-7-22(33)8-5-19)29(20-10-12-34-13-11-20)38(30)31(43)37-15-14-35-26(40)18-37/h4-13,16,28-29H,14-15,17-18H2,1-3H3,(H,35,40)(H,41,42). The van der Waals surface area contributed by atoms with Crippen LogP contribution in [0.15, 0.2) is 72.0 Å². The maximum atomic E-state index is 14.4. The monoisotopic (exact) mass is 617 g/mol. The van der Waals surface area contributed by atoms with E-state index in [1.54, 1.807) is 35.5 Å². The molecule has 1 fully saturated rings. The van der Waals surface area contributed by atoms with Gasteiger partial charge in [-0.05, 0) is 68.3 Å². The third kappa shape index (κ3) is 6.73. The highest BCUT2D eigenvalue weighted by Crippen LogP contribution is 2.45. The van der Waals surface area contributed by atoms with Crippen molar-refractivity contribution in [2.45, 2.75) is 44.9 Å². The lowest BCUT2D eigenvalue weighted by molar-refractivity contribution is -0.136. The maximum Gasteiger partial charge on any atom is 0.326 e. The van der Waals surface area contributed by atoms with E-state index < -0.39 is 41.9 Å². The molecule has 0 aliphatic carbocycles. The molecule has 0 saturated carbocycles. The summed E-state index contributed by atoms with van der Waals surface area (Å²) in [6.45, 7) is 6.01. The highest BCUT2D eigenvalue weighted by atomic mass is 35.5. The molecular formula is C32H32ClN5O6. The van der Waals surface area contributed by atoms with E-state index in [9.17, 15) is 24.3 Å². The molecule has 228 valence electrons. The molecule has 2 aromatic carbocycles. The molecule has 0 bridgehead atoms. The largest absolute Gasteiger partial charge is 0.487 e. The summed E-state index contributed by atoms with van der Waals surface area (Å²) in [6, 6.07) is 13.8. The molecule has 5 rings (SSSR count). The molecule has 3 amide bonds. The fourth-order valence-corrected chi connectivity index (χ4v) is 5.37. The zero-order valence-corrected chi connectivity index (χ0v) is 25.2. The number of halogens is 1. The third-order valence-electron chi connectivity index (χ3n) is 7.11. The summed E-state index contributed by atoms with van der Waals surface area (Å²) in [5.41, 5.74) is 1.42. The first-order valence-electron chi connectivity index (χ1n) is 14.1. The van der Waals surface area contributed by atoms with Crippen molar-refractivity contribution in [3.63, 3.8) is 0 Å². The maximum absolute atomic E-state index is 14.4. The number of ether oxygens (including phenoxy) is 1. The number of pyridine rings is 1. The van der Waals surface area contributed by atoms with Crippen LogP contribution in [0, 0.1) is 0 Å². The SMILES string of the molecule is CC(C)(C)Oc1cc(C(=O)CC(=O)O)ccc1C1=NC(c2ccc(Cl)cc2)C(c2ccncc2)N1C(=O)N1CCNC(=O)C1. The molecule has 0 spiro atoms. The van der Waals surface area contributed by atoms with Gasteiger partial charge < -0.3 is 20.1 Å². The van der Waals surface area contributed by atoms with Crippen LogP contribution in [0.4, 0.5) is 4.79 Å². The molecule has 44 heavy (non-hydrogen) atoms. The Morgan fingerprint density at radius 3 is 2.39 bits per heavy atom. The van der Waals surface area contributed by atoms with E-state index in [0.717, 1.165) is 11.1 Å². The Kier molecular flexibility index (Phi) is 8.68. The Labute approximate surface area is 259 Å². The van der Waals surface area contributed by atoms with Gasteiger partial charge in [-0.2, -0.15) is 0 Å². The topological polar surface area (TPSA) is 142 Å². The van der Waals surface area contributed by atoms with E-state index >= 15 is 0 Å². The van der Waals surface area contributed by atoms with E-state index in [2.05, 4.69) is 10.3 Å². The number of carboxylic acid groups (broad SMARTS) is 1. The number of carbonyl (C=O) groups is 4. The van der Waals surface area contributed by atoms with Crippen molar-refractivity contribution in [3.8, 4) is 5.75 Å². The number of nitrogens with one attached hydrogen (secondary N) is 1. The molecule has 2 atom stereocenters. The minimum Gasteiger partial charge on any atom is -0.487 e. The zero-order chi connectivity index (χ0) is 31.6. The molecule has 12 heteroatoms. The van der Waals surface area contributed by atoms with Crippen LogP contribution in [0.5, 0.6) is 5.75 Å². The number of aliphatic imine (C=N–C) groups is 1. The van der Waals surface area contributed by atoms with Crippen molar-refractivity contribution < 1.29 is 29.0 Å². The smallest absolute Gasteiger partial charge is 0.326 e. The Bertz CT molecular complexity index is 1620. The Hall–Kier alpha value is -4.77. The average molecular weight is 618 g/mol. The number of piperazine rings is 1. The van der Waals surface area contributed by atoms with Crippen LogP contribution >= 0.6 is 11.6 Å². The number of ketones is 1. The third-order valence-corrected chi connectivity index (χ3v) is 7.37. The molecule has 2 aliphatic heterocycles. The number of hydrogen-bond donors (Lipinski definition) is 2. The second-order valence-electron chi connectivity index (χ2n) is 11.5. The van der Waals surface area contributed by atoms with Crippen LogP contribution in [-0.2, 0) is 9.59 Å². The number of Topliss-reactive ketones (excluding diaryl/α,β-unsaturated/α-hetero) is 1. The molecule has 2 unspecified atom stereocenters.